The summed E-state index contributed by atoms with van der Waals surface area (Å²) in [5.74, 6) is 0. The molecule has 0 radical (unpaired) electrons. The van der Waals surface area contributed by atoms with Gasteiger partial charge < -0.3 is 5.32 Å². The van der Waals surface area contributed by atoms with E-state index in [1.54, 1.807) is 24.4 Å². The lowest BCUT2D eigenvalue weighted by atomic mass is 10.1. The molecule has 0 aliphatic carbocycles. The summed E-state index contributed by atoms with van der Waals surface area (Å²) < 4.78 is 27.6. The zero-order valence-corrected chi connectivity index (χ0v) is 15.7. The average molecular weight is 379 g/mol. The van der Waals surface area contributed by atoms with Crippen molar-refractivity contribution in [2.24, 2.45) is 0 Å². The molecular weight excluding hydrogens is 358 g/mol. The fourth-order valence-corrected chi connectivity index (χ4v) is 4.74. The number of sulfonamides is 1. The smallest absolute Gasteiger partial charge is 0.243 e. The summed E-state index contributed by atoms with van der Waals surface area (Å²) in [6.45, 7) is 2.08. The summed E-state index contributed by atoms with van der Waals surface area (Å²) in [6.07, 6.45) is 1.76. The highest BCUT2D eigenvalue weighted by molar-refractivity contribution is 7.89. The second kappa shape index (κ2) is 7.60. The lowest BCUT2D eigenvalue weighted by molar-refractivity contribution is 0.431. The van der Waals surface area contributed by atoms with E-state index in [9.17, 15) is 8.42 Å². The molecule has 5 nitrogen and oxygen atoms in total. The third-order valence-electron chi connectivity index (χ3n) is 4.71. The number of hydrogen-bond acceptors (Lipinski definition) is 4. The van der Waals surface area contributed by atoms with Crippen molar-refractivity contribution in [1.82, 2.24) is 14.6 Å². The van der Waals surface area contributed by atoms with Gasteiger partial charge in [0.2, 0.25) is 10.0 Å². The van der Waals surface area contributed by atoms with Crippen molar-refractivity contribution in [3.05, 3.63) is 95.3 Å². The van der Waals surface area contributed by atoms with Gasteiger partial charge in [0.05, 0.1) is 10.6 Å². The molecule has 2 aromatic carbocycles. The van der Waals surface area contributed by atoms with Crippen LogP contribution < -0.4 is 5.32 Å². The van der Waals surface area contributed by atoms with Gasteiger partial charge in [-0.2, -0.15) is 4.31 Å². The predicted octanol–water partition coefficient (Wildman–Crippen LogP) is 3.08. The maximum Gasteiger partial charge on any atom is 0.243 e. The highest BCUT2D eigenvalue weighted by Gasteiger charge is 2.30. The van der Waals surface area contributed by atoms with E-state index in [2.05, 4.69) is 10.3 Å². The van der Waals surface area contributed by atoms with Gasteiger partial charge in [-0.05, 0) is 41.0 Å². The largest absolute Gasteiger partial charge is 0.307 e. The molecule has 4 rings (SSSR count). The van der Waals surface area contributed by atoms with Crippen LogP contribution in [0.2, 0.25) is 0 Å². The van der Waals surface area contributed by atoms with Gasteiger partial charge in [0.25, 0.3) is 0 Å². The average Bonchev–Trinajstić information content (AvgIpc) is 3.14. The van der Waals surface area contributed by atoms with E-state index in [4.69, 9.17) is 0 Å². The van der Waals surface area contributed by atoms with Gasteiger partial charge in [-0.3, -0.25) is 4.98 Å². The topological polar surface area (TPSA) is 62.3 Å². The van der Waals surface area contributed by atoms with Crippen LogP contribution in [0.15, 0.2) is 77.8 Å². The number of hydrogen-bond donors (Lipinski definition) is 1. The molecule has 1 N–H and O–H groups in total. The molecule has 138 valence electrons. The van der Waals surface area contributed by atoms with Crippen LogP contribution in [0.1, 0.15) is 22.4 Å². The number of benzene rings is 2. The molecule has 0 spiro atoms. The fraction of sp³-hybridized carbons (Fsp3) is 0.190. The van der Waals surface area contributed by atoms with E-state index in [1.807, 2.05) is 48.5 Å². The van der Waals surface area contributed by atoms with Crippen LogP contribution in [0, 0.1) is 0 Å². The fourth-order valence-electron chi connectivity index (χ4n) is 3.27. The SMILES string of the molecule is O=S(=O)(c1cccc(CNCc2ccccn2)c1)N1Cc2ccccc2C1. The molecule has 3 aromatic rings. The Kier molecular flexibility index (Phi) is 5.03. The first-order valence-corrected chi connectivity index (χ1v) is 10.3. The van der Waals surface area contributed by atoms with Crippen molar-refractivity contribution in [3.8, 4) is 0 Å². The van der Waals surface area contributed by atoms with Crippen LogP contribution in [0.4, 0.5) is 0 Å². The van der Waals surface area contributed by atoms with Crippen LogP contribution in [-0.2, 0) is 36.2 Å². The summed E-state index contributed by atoms with van der Waals surface area (Å²) in [7, 11) is -3.51. The van der Waals surface area contributed by atoms with Gasteiger partial charge in [0.15, 0.2) is 0 Å². The van der Waals surface area contributed by atoms with Crippen molar-refractivity contribution in [2.45, 2.75) is 31.1 Å². The molecule has 0 bridgehead atoms. The van der Waals surface area contributed by atoms with Gasteiger partial charge in [-0.25, -0.2) is 8.42 Å². The van der Waals surface area contributed by atoms with Gasteiger partial charge in [-0.15, -0.1) is 0 Å². The van der Waals surface area contributed by atoms with E-state index in [0.717, 1.165) is 22.4 Å². The van der Waals surface area contributed by atoms with E-state index in [1.165, 1.54) is 4.31 Å². The summed E-state index contributed by atoms with van der Waals surface area (Å²) in [5.41, 5.74) is 4.04. The number of rotatable bonds is 6. The quantitative estimate of drug-likeness (QED) is 0.715. The predicted molar refractivity (Wildman–Crippen MR) is 104 cm³/mol. The van der Waals surface area contributed by atoms with Gasteiger partial charge >= 0.3 is 0 Å². The Morgan fingerprint density at radius 1 is 0.889 bits per heavy atom. The molecule has 6 heteroatoms. The normalized spacial score (nSPS) is 14.2. The third kappa shape index (κ3) is 3.93. The van der Waals surface area contributed by atoms with Crippen molar-refractivity contribution >= 4 is 10.0 Å². The van der Waals surface area contributed by atoms with Gasteiger partial charge in [0, 0.05) is 32.4 Å². The molecule has 0 fully saturated rings. The van der Waals surface area contributed by atoms with Crippen molar-refractivity contribution in [1.29, 1.82) is 0 Å². The first-order chi connectivity index (χ1) is 13.1. The zero-order valence-electron chi connectivity index (χ0n) is 14.9. The monoisotopic (exact) mass is 379 g/mol. The number of pyridine rings is 1. The first kappa shape index (κ1) is 17.9. The summed E-state index contributed by atoms with van der Waals surface area (Å²) in [5, 5.41) is 3.31. The number of nitrogens with one attached hydrogen (secondary N) is 1. The van der Waals surface area contributed by atoms with Crippen LogP contribution in [0.3, 0.4) is 0 Å². The van der Waals surface area contributed by atoms with Crippen LogP contribution >= 0.6 is 0 Å². The highest BCUT2D eigenvalue weighted by Crippen LogP contribution is 2.28. The molecular formula is C21H21N3O2S. The maximum absolute atomic E-state index is 13.0. The molecule has 2 heterocycles. The molecule has 27 heavy (non-hydrogen) atoms. The highest BCUT2D eigenvalue weighted by atomic mass is 32.2. The molecule has 0 unspecified atom stereocenters. The Morgan fingerprint density at radius 3 is 2.33 bits per heavy atom. The molecule has 0 saturated carbocycles. The summed E-state index contributed by atoms with van der Waals surface area (Å²) in [6, 6.07) is 20.8. The minimum absolute atomic E-state index is 0.340. The molecule has 0 saturated heterocycles. The second-order valence-corrected chi connectivity index (χ2v) is 8.55. The third-order valence-corrected chi connectivity index (χ3v) is 6.50. The van der Waals surface area contributed by atoms with E-state index in [-0.39, 0.29) is 0 Å². The Morgan fingerprint density at radius 2 is 1.63 bits per heavy atom. The number of fused-ring (bicyclic) bond motifs is 1. The van der Waals surface area contributed by atoms with E-state index < -0.39 is 10.0 Å². The zero-order chi connectivity index (χ0) is 18.7. The second-order valence-electron chi connectivity index (χ2n) is 6.61. The van der Waals surface area contributed by atoms with E-state index in [0.29, 0.717) is 31.1 Å². The van der Waals surface area contributed by atoms with Crippen molar-refractivity contribution < 1.29 is 8.42 Å². The van der Waals surface area contributed by atoms with Gasteiger partial charge in [0.1, 0.15) is 0 Å². The molecule has 1 aliphatic heterocycles. The Hall–Kier alpha value is -2.54. The van der Waals surface area contributed by atoms with Crippen LogP contribution in [0.5, 0.6) is 0 Å². The number of aromatic nitrogens is 1. The minimum atomic E-state index is -3.51. The van der Waals surface area contributed by atoms with Crippen molar-refractivity contribution in [3.63, 3.8) is 0 Å². The van der Waals surface area contributed by atoms with E-state index >= 15 is 0 Å². The molecule has 1 aliphatic rings. The molecule has 0 amide bonds. The van der Waals surface area contributed by atoms with Gasteiger partial charge in [-0.1, -0.05) is 42.5 Å². The lowest BCUT2D eigenvalue weighted by Crippen LogP contribution is -2.25. The lowest BCUT2D eigenvalue weighted by Gasteiger charge is -2.16. The minimum Gasteiger partial charge on any atom is -0.307 e. The van der Waals surface area contributed by atoms with Crippen LogP contribution in [-0.4, -0.2) is 17.7 Å². The maximum atomic E-state index is 13.0. The standard InChI is InChI=1S/C21H21N3O2S/c25-27(26,24-15-18-7-1-2-8-19(18)16-24)21-10-5-6-17(12-21)13-22-14-20-9-3-4-11-23-20/h1-12,22H,13-16H2. The summed E-state index contributed by atoms with van der Waals surface area (Å²) in [4.78, 5) is 4.61. The Labute approximate surface area is 159 Å². The molecule has 0 atom stereocenters. The first-order valence-electron chi connectivity index (χ1n) is 8.89. The Balaban J connectivity index is 1.45. The van der Waals surface area contributed by atoms with Crippen molar-refractivity contribution in [2.75, 3.05) is 0 Å². The molecule has 1 aromatic heterocycles. The summed E-state index contributed by atoms with van der Waals surface area (Å²) >= 11 is 0. The Bertz CT molecular complexity index is 1010. The van der Waals surface area contributed by atoms with Crippen LogP contribution in [0.25, 0.3) is 0 Å². The number of nitrogens with zero attached hydrogens (tertiary/aromatic N) is 2.